The number of nitrogens with two attached hydrogens (primary N) is 1. The van der Waals surface area contributed by atoms with Crippen LogP contribution in [0.15, 0.2) is 24.3 Å². The van der Waals surface area contributed by atoms with Crippen LogP contribution in [0.2, 0.25) is 0 Å². The highest BCUT2D eigenvalue weighted by Gasteiger charge is 2.41. The van der Waals surface area contributed by atoms with E-state index in [9.17, 15) is 34.8 Å². The zero-order chi connectivity index (χ0) is 26.6. The van der Waals surface area contributed by atoms with E-state index in [0.29, 0.717) is 24.5 Å². The lowest BCUT2D eigenvalue weighted by atomic mass is 9.98. The molecule has 0 saturated carbocycles. The van der Waals surface area contributed by atoms with Gasteiger partial charge in [-0.25, -0.2) is 8.42 Å². The Morgan fingerprint density at radius 3 is 2.31 bits per heavy atom. The monoisotopic (exact) mass is 527 g/mol. The van der Waals surface area contributed by atoms with E-state index >= 15 is 0 Å². The van der Waals surface area contributed by atoms with Crippen LogP contribution in [0.5, 0.6) is 0 Å². The number of anilines is 2. The van der Waals surface area contributed by atoms with Gasteiger partial charge in [0.05, 0.1) is 29.1 Å². The van der Waals surface area contributed by atoms with Crippen molar-refractivity contribution in [2.75, 3.05) is 36.3 Å². The van der Waals surface area contributed by atoms with Crippen molar-refractivity contribution < 1.29 is 34.8 Å². The van der Waals surface area contributed by atoms with Crippen LogP contribution in [0.4, 0.5) is 37.8 Å². The van der Waals surface area contributed by atoms with E-state index in [2.05, 4.69) is 14.9 Å². The van der Waals surface area contributed by atoms with Crippen LogP contribution >= 0.6 is 0 Å². The number of hydrogen-bond acceptors (Lipinski definition) is 6. The van der Waals surface area contributed by atoms with E-state index in [1.54, 1.807) is 6.92 Å². The smallest absolute Gasteiger partial charge is 0.382 e. The Morgan fingerprint density at radius 1 is 1.14 bits per heavy atom. The Balaban J connectivity index is 0.000000303. The summed E-state index contributed by atoms with van der Waals surface area (Å²) in [6.07, 6.45) is -6.77. The minimum Gasteiger partial charge on any atom is -0.382 e. The van der Waals surface area contributed by atoms with E-state index in [1.165, 1.54) is 6.07 Å². The Morgan fingerprint density at radius 2 is 1.80 bits per heavy atom. The van der Waals surface area contributed by atoms with Crippen molar-refractivity contribution in [3.05, 3.63) is 35.4 Å². The third kappa shape index (κ3) is 8.53. The van der Waals surface area contributed by atoms with E-state index in [4.69, 9.17) is 5.73 Å². The SMILES string of the molecule is CCN1CCCC(C(F)(F)F)C1.Cc1cc(-c2ccc(C(F)(F)F)cc2NS(C)(=O)=O)nnc1N. The molecule has 1 fully saturated rings. The summed E-state index contributed by atoms with van der Waals surface area (Å²) < 4.78 is 100. The molecule has 0 bridgehead atoms. The summed E-state index contributed by atoms with van der Waals surface area (Å²) in [7, 11) is -3.78. The molecule has 2 heterocycles. The van der Waals surface area contributed by atoms with Crippen LogP contribution in [0, 0.1) is 12.8 Å². The summed E-state index contributed by atoms with van der Waals surface area (Å²) in [6, 6.07) is 4.20. The van der Waals surface area contributed by atoms with Gasteiger partial charge in [-0.05, 0) is 56.6 Å². The molecule has 1 aliphatic heterocycles. The van der Waals surface area contributed by atoms with Crippen molar-refractivity contribution in [1.29, 1.82) is 0 Å². The fraction of sp³-hybridized carbons (Fsp3) is 0.524. The predicted octanol–water partition coefficient (Wildman–Crippen LogP) is 4.71. The molecule has 3 rings (SSSR count). The zero-order valence-electron chi connectivity index (χ0n) is 19.3. The van der Waals surface area contributed by atoms with Gasteiger partial charge in [0.1, 0.15) is 5.82 Å². The number of likely N-dealkylation sites (tertiary alicyclic amines) is 1. The number of rotatable bonds is 4. The van der Waals surface area contributed by atoms with E-state index in [1.807, 2.05) is 11.8 Å². The lowest BCUT2D eigenvalue weighted by Gasteiger charge is -2.32. The van der Waals surface area contributed by atoms with Gasteiger partial charge in [-0.15, -0.1) is 10.2 Å². The Labute approximate surface area is 199 Å². The molecule has 1 aromatic heterocycles. The molecule has 7 nitrogen and oxygen atoms in total. The van der Waals surface area contributed by atoms with Crippen molar-refractivity contribution >= 4 is 21.5 Å². The van der Waals surface area contributed by atoms with Crippen molar-refractivity contribution in [2.45, 2.75) is 39.0 Å². The average molecular weight is 528 g/mol. The number of aryl methyl sites for hydroxylation is 1. The average Bonchev–Trinajstić information content (AvgIpc) is 2.74. The van der Waals surface area contributed by atoms with Gasteiger partial charge in [0.2, 0.25) is 10.0 Å². The second-order valence-electron chi connectivity index (χ2n) is 8.20. The van der Waals surface area contributed by atoms with Gasteiger partial charge in [-0.3, -0.25) is 4.72 Å². The van der Waals surface area contributed by atoms with Gasteiger partial charge >= 0.3 is 12.4 Å². The summed E-state index contributed by atoms with van der Waals surface area (Å²) in [6.45, 7) is 5.30. The lowest BCUT2D eigenvalue weighted by Crippen LogP contribution is -2.41. The Hall–Kier alpha value is -2.61. The number of nitrogen functional groups attached to an aromatic ring is 1. The minimum absolute atomic E-state index is 0.166. The number of alkyl halides is 6. The van der Waals surface area contributed by atoms with Crippen molar-refractivity contribution in [2.24, 2.45) is 5.92 Å². The van der Waals surface area contributed by atoms with E-state index in [-0.39, 0.29) is 29.3 Å². The molecule has 35 heavy (non-hydrogen) atoms. The molecule has 0 amide bonds. The Kier molecular flexibility index (Phi) is 8.98. The number of aromatic nitrogens is 2. The maximum atomic E-state index is 12.8. The minimum atomic E-state index is -4.60. The topological polar surface area (TPSA) is 101 Å². The largest absolute Gasteiger partial charge is 0.416 e. The van der Waals surface area contributed by atoms with Crippen molar-refractivity contribution in [3.8, 4) is 11.3 Å². The molecule has 3 N–H and O–H groups in total. The number of benzene rings is 1. The summed E-state index contributed by atoms with van der Waals surface area (Å²) >= 11 is 0. The van der Waals surface area contributed by atoms with Gasteiger partial charge in [0.25, 0.3) is 0 Å². The summed E-state index contributed by atoms with van der Waals surface area (Å²) in [5.41, 5.74) is 5.28. The molecule has 1 unspecified atom stereocenters. The number of nitrogens with one attached hydrogen (secondary N) is 1. The lowest BCUT2D eigenvalue weighted by molar-refractivity contribution is -0.186. The Bertz CT molecular complexity index is 1120. The quantitative estimate of drug-likeness (QED) is 0.559. The van der Waals surface area contributed by atoms with Crippen LogP contribution in [0.25, 0.3) is 11.3 Å². The number of sulfonamides is 1. The van der Waals surface area contributed by atoms with E-state index in [0.717, 1.165) is 31.5 Å². The first-order valence-corrected chi connectivity index (χ1v) is 12.5. The molecular formula is C21H27F6N5O2S. The molecular weight excluding hydrogens is 500 g/mol. The second kappa shape index (κ2) is 11.0. The molecule has 0 aliphatic carbocycles. The molecule has 1 saturated heterocycles. The van der Waals surface area contributed by atoms with Crippen LogP contribution in [0.3, 0.4) is 0 Å². The molecule has 1 aliphatic rings. The van der Waals surface area contributed by atoms with Gasteiger partial charge in [0, 0.05) is 12.1 Å². The highest BCUT2D eigenvalue weighted by Crippen LogP contribution is 2.36. The van der Waals surface area contributed by atoms with Gasteiger partial charge in [-0.1, -0.05) is 13.0 Å². The third-order valence-electron chi connectivity index (χ3n) is 5.36. The highest BCUT2D eigenvalue weighted by atomic mass is 32.2. The fourth-order valence-electron chi connectivity index (χ4n) is 3.46. The van der Waals surface area contributed by atoms with Gasteiger partial charge < -0.3 is 10.6 Å². The van der Waals surface area contributed by atoms with Crippen molar-refractivity contribution in [1.82, 2.24) is 15.1 Å². The number of piperidine rings is 1. The summed E-state index contributed by atoms with van der Waals surface area (Å²) in [5.74, 6) is -0.913. The summed E-state index contributed by atoms with van der Waals surface area (Å²) in [4.78, 5) is 1.86. The van der Waals surface area contributed by atoms with Crippen LogP contribution in [-0.2, 0) is 16.2 Å². The molecule has 1 atom stereocenters. The molecule has 14 heteroatoms. The number of halogens is 6. The van der Waals surface area contributed by atoms with Gasteiger partial charge in [-0.2, -0.15) is 26.3 Å². The van der Waals surface area contributed by atoms with Crippen molar-refractivity contribution in [3.63, 3.8) is 0 Å². The maximum absolute atomic E-state index is 12.8. The van der Waals surface area contributed by atoms with Crippen LogP contribution < -0.4 is 10.5 Å². The van der Waals surface area contributed by atoms with Gasteiger partial charge in [0.15, 0.2) is 0 Å². The van der Waals surface area contributed by atoms with Crippen LogP contribution in [-0.4, -0.2) is 55.6 Å². The molecule has 0 radical (unpaired) electrons. The number of nitrogens with zero attached hydrogens (tertiary/aromatic N) is 3. The third-order valence-corrected chi connectivity index (χ3v) is 5.95. The molecule has 1 aromatic carbocycles. The fourth-order valence-corrected chi connectivity index (χ4v) is 4.03. The highest BCUT2D eigenvalue weighted by molar-refractivity contribution is 7.92. The number of hydrogen-bond donors (Lipinski definition) is 2. The first kappa shape index (κ1) is 28.6. The molecule has 2 aromatic rings. The normalized spacial score (nSPS) is 17.5. The van der Waals surface area contributed by atoms with Crippen LogP contribution in [0.1, 0.15) is 30.9 Å². The molecule has 0 spiro atoms. The first-order valence-electron chi connectivity index (χ1n) is 10.6. The van der Waals surface area contributed by atoms with E-state index < -0.39 is 33.9 Å². The first-order chi connectivity index (χ1) is 16.0. The zero-order valence-corrected chi connectivity index (χ0v) is 20.2. The molecule has 196 valence electrons. The summed E-state index contributed by atoms with van der Waals surface area (Å²) in [5, 5.41) is 7.49. The predicted molar refractivity (Wildman–Crippen MR) is 121 cm³/mol. The maximum Gasteiger partial charge on any atom is 0.416 e. The standard InChI is InChI=1S/C13H13F3N4O2S.C8H14F3N/c1-7-5-10(18-19-12(7)17)9-4-3-8(13(14,15)16)6-11(9)20-23(2,21)22;1-2-12-5-3-4-7(6-12)8(9,10)11/h3-6,20H,1-2H3,(H2,17,19);7H,2-6H2,1H3. The second-order valence-corrected chi connectivity index (χ2v) is 9.95.